The van der Waals surface area contributed by atoms with Gasteiger partial charge in [0.15, 0.2) is 0 Å². The average molecular weight is 468 g/mol. The molecular weight excluding hydrogens is 446 g/mol. The number of nitrogens with zero attached hydrogens (tertiary/aromatic N) is 3. The lowest BCUT2D eigenvalue weighted by Gasteiger charge is -2.14. The molecule has 6 rings (SSSR count). The van der Waals surface area contributed by atoms with Gasteiger partial charge in [-0.1, -0.05) is 48.0 Å². The minimum Gasteiger partial charge on any atom is -0.321 e. The fourth-order valence-corrected chi connectivity index (χ4v) is 4.98. The van der Waals surface area contributed by atoms with Gasteiger partial charge in [-0.05, 0) is 48.4 Å². The molecular formula is C27H22ClN5O. The summed E-state index contributed by atoms with van der Waals surface area (Å²) in [7, 11) is 0. The first kappa shape index (κ1) is 20.7. The smallest absolute Gasteiger partial charge is 0.258 e. The van der Waals surface area contributed by atoms with Crippen molar-refractivity contribution in [3.8, 4) is 11.1 Å². The van der Waals surface area contributed by atoms with Gasteiger partial charge < -0.3 is 10.4 Å². The van der Waals surface area contributed by atoms with Gasteiger partial charge in [0.25, 0.3) is 5.56 Å². The summed E-state index contributed by atoms with van der Waals surface area (Å²) in [6.45, 7) is 2.91. The molecule has 7 heteroatoms. The Bertz CT molecular complexity index is 1630. The van der Waals surface area contributed by atoms with Crippen molar-refractivity contribution in [1.82, 2.24) is 20.2 Å². The summed E-state index contributed by atoms with van der Waals surface area (Å²) in [5, 5.41) is 11.7. The quantitative estimate of drug-likeness (QED) is 0.358. The Morgan fingerprint density at radius 3 is 2.74 bits per heavy atom. The monoisotopic (exact) mass is 467 g/mol. The zero-order chi connectivity index (χ0) is 23.2. The van der Waals surface area contributed by atoms with Gasteiger partial charge in [0, 0.05) is 39.8 Å². The predicted octanol–water partition coefficient (Wildman–Crippen LogP) is 5.66. The SMILES string of the molecule is CCn1ncc2cc(C3CC(c4c(-c5ccccc5)c5cc(Cl)ccc5[nH]c4=O)=NN3)ccc21. The van der Waals surface area contributed by atoms with E-state index >= 15 is 0 Å². The largest absolute Gasteiger partial charge is 0.321 e. The highest BCUT2D eigenvalue weighted by Gasteiger charge is 2.27. The Morgan fingerprint density at radius 2 is 1.91 bits per heavy atom. The third-order valence-electron chi connectivity index (χ3n) is 6.45. The fourth-order valence-electron chi connectivity index (χ4n) is 4.81. The molecule has 3 heterocycles. The van der Waals surface area contributed by atoms with E-state index < -0.39 is 0 Å². The molecule has 2 N–H and O–H groups in total. The van der Waals surface area contributed by atoms with Gasteiger partial charge in [0.1, 0.15) is 0 Å². The number of halogens is 1. The Morgan fingerprint density at radius 1 is 1.06 bits per heavy atom. The van der Waals surface area contributed by atoms with Crippen LogP contribution in [0.2, 0.25) is 5.02 Å². The number of aryl methyl sites for hydroxylation is 1. The van der Waals surface area contributed by atoms with E-state index in [4.69, 9.17) is 11.6 Å². The van der Waals surface area contributed by atoms with E-state index in [-0.39, 0.29) is 11.6 Å². The highest BCUT2D eigenvalue weighted by Crippen LogP contribution is 2.34. The molecule has 3 aromatic carbocycles. The van der Waals surface area contributed by atoms with Gasteiger partial charge >= 0.3 is 0 Å². The summed E-state index contributed by atoms with van der Waals surface area (Å²) in [4.78, 5) is 16.4. The maximum atomic E-state index is 13.3. The lowest BCUT2D eigenvalue weighted by Crippen LogP contribution is -2.20. The van der Waals surface area contributed by atoms with Crippen LogP contribution in [-0.2, 0) is 6.54 Å². The number of nitrogens with one attached hydrogen (secondary N) is 2. The Hall–Kier alpha value is -3.90. The van der Waals surface area contributed by atoms with Gasteiger partial charge in [-0.2, -0.15) is 10.2 Å². The Labute approximate surface area is 200 Å². The molecule has 0 amide bonds. The van der Waals surface area contributed by atoms with Crippen LogP contribution in [0.5, 0.6) is 0 Å². The lowest BCUT2D eigenvalue weighted by atomic mass is 9.91. The number of hydrazone groups is 1. The highest BCUT2D eigenvalue weighted by molar-refractivity contribution is 6.31. The fraction of sp³-hybridized carbons (Fsp3) is 0.148. The molecule has 1 unspecified atom stereocenters. The molecule has 0 spiro atoms. The third kappa shape index (κ3) is 3.38. The van der Waals surface area contributed by atoms with Crippen LogP contribution in [0.15, 0.2) is 82.8 Å². The van der Waals surface area contributed by atoms with E-state index in [2.05, 4.69) is 45.7 Å². The van der Waals surface area contributed by atoms with Gasteiger partial charge in [-0.25, -0.2) is 0 Å². The first-order chi connectivity index (χ1) is 16.6. The van der Waals surface area contributed by atoms with Gasteiger partial charge in [0.2, 0.25) is 0 Å². The standard InChI is InChI=1S/C27H22ClN5O/c1-2-33-24-11-8-17(12-18(24)15-29-33)22-14-23(32-31-22)26-25(16-6-4-3-5-7-16)20-13-19(28)9-10-21(20)30-27(26)34/h3-13,15,22,31H,2,14H2,1H3,(H,30,34). The molecule has 5 aromatic rings. The van der Waals surface area contributed by atoms with Crippen molar-refractivity contribution < 1.29 is 0 Å². The van der Waals surface area contributed by atoms with Crippen molar-refractivity contribution in [3.63, 3.8) is 0 Å². The summed E-state index contributed by atoms with van der Waals surface area (Å²) < 4.78 is 1.98. The predicted molar refractivity (Wildman–Crippen MR) is 137 cm³/mol. The molecule has 1 aliphatic rings. The third-order valence-corrected chi connectivity index (χ3v) is 6.68. The van der Waals surface area contributed by atoms with Crippen LogP contribution in [0.3, 0.4) is 0 Å². The normalized spacial score (nSPS) is 15.6. The average Bonchev–Trinajstić information content (AvgIpc) is 3.51. The minimum absolute atomic E-state index is 0.0255. The number of aromatic nitrogens is 3. The van der Waals surface area contributed by atoms with Crippen LogP contribution in [0, 0.1) is 0 Å². The van der Waals surface area contributed by atoms with E-state index in [0.29, 0.717) is 17.0 Å². The van der Waals surface area contributed by atoms with Crippen LogP contribution in [0.4, 0.5) is 0 Å². The number of hydrogen-bond donors (Lipinski definition) is 2. The second kappa shape index (κ2) is 8.15. The number of pyridine rings is 1. The van der Waals surface area contributed by atoms with Crippen molar-refractivity contribution in [2.24, 2.45) is 5.10 Å². The summed E-state index contributed by atoms with van der Waals surface area (Å²) >= 11 is 6.35. The minimum atomic E-state index is -0.158. The highest BCUT2D eigenvalue weighted by atomic mass is 35.5. The molecule has 0 saturated carbocycles. The maximum Gasteiger partial charge on any atom is 0.258 e. The molecule has 0 aliphatic carbocycles. The Kier molecular flexibility index (Phi) is 4.96. The molecule has 2 aromatic heterocycles. The van der Waals surface area contributed by atoms with Crippen LogP contribution >= 0.6 is 11.6 Å². The summed E-state index contributed by atoms with van der Waals surface area (Å²) in [6.07, 6.45) is 2.49. The van der Waals surface area contributed by atoms with Crippen LogP contribution in [0.1, 0.15) is 30.5 Å². The second-order valence-electron chi connectivity index (χ2n) is 8.48. The van der Waals surface area contributed by atoms with Gasteiger partial charge in [-0.3, -0.25) is 9.48 Å². The van der Waals surface area contributed by atoms with E-state index in [1.807, 2.05) is 53.3 Å². The van der Waals surface area contributed by atoms with Crippen LogP contribution < -0.4 is 11.0 Å². The first-order valence-corrected chi connectivity index (χ1v) is 11.7. The summed E-state index contributed by atoms with van der Waals surface area (Å²) in [5.74, 6) is 0. The Balaban J connectivity index is 1.45. The van der Waals surface area contributed by atoms with Crippen molar-refractivity contribution >= 4 is 39.1 Å². The topological polar surface area (TPSA) is 75.1 Å². The van der Waals surface area contributed by atoms with Crippen LogP contribution in [-0.4, -0.2) is 20.5 Å². The van der Waals surface area contributed by atoms with Gasteiger partial charge in [0.05, 0.1) is 29.0 Å². The lowest BCUT2D eigenvalue weighted by molar-refractivity contribution is 0.620. The molecule has 1 atom stereocenters. The van der Waals surface area contributed by atoms with E-state index in [9.17, 15) is 4.79 Å². The number of hydrogen-bond acceptors (Lipinski definition) is 4. The van der Waals surface area contributed by atoms with Crippen LogP contribution in [0.25, 0.3) is 32.9 Å². The van der Waals surface area contributed by atoms with E-state index in [1.165, 1.54) is 0 Å². The number of aromatic amines is 1. The molecule has 34 heavy (non-hydrogen) atoms. The molecule has 0 bridgehead atoms. The van der Waals surface area contributed by atoms with Crippen molar-refractivity contribution in [2.75, 3.05) is 0 Å². The molecule has 0 radical (unpaired) electrons. The van der Waals surface area contributed by atoms with Gasteiger partial charge in [-0.15, -0.1) is 0 Å². The zero-order valence-corrected chi connectivity index (χ0v) is 19.3. The zero-order valence-electron chi connectivity index (χ0n) is 18.5. The number of rotatable bonds is 4. The van der Waals surface area contributed by atoms with E-state index in [0.717, 1.165) is 50.8 Å². The maximum absolute atomic E-state index is 13.3. The van der Waals surface area contributed by atoms with Crippen molar-refractivity contribution in [2.45, 2.75) is 25.9 Å². The first-order valence-electron chi connectivity index (χ1n) is 11.3. The molecule has 168 valence electrons. The second-order valence-corrected chi connectivity index (χ2v) is 8.92. The van der Waals surface area contributed by atoms with Crippen molar-refractivity contribution in [1.29, 1.82) is 0 Å². The number of H-pyrrole nitrogens is 1. The molecule has 1 aliphatic heterocycles. The van der Waals surface area contributed by atoms with Crippen molar-refractivity contribution in [3.05, 3.63) is 99.4 Å². The number of fused-ring (bicyclic) bond motifs is 2. The van der Waals surface area contributed by atoms with E-state index in [1.54, 1.807) is 6.07 Å². The molecule has 6 nitrogen and oxygen atoms in total. The number of benzene rings is 3. The molecule has 0 fully saturated rings. The summed E-state index contributed by atoms with van der Waals surface area (Å²) in [6, 6.07) is 21.8. The molecule has 0 saturated heterocycles. The summed E-state index contributed by atoms with van der Waals surface area (Å²) in [5.41, 5.74) is 9.19.